The number of aromatic nitrogens is 1. The quantitative estimate of drug-likeness (QED) is 0.919. The lowest BCUT2D eigenvalue weighted by atomic mass is 10.1. The first kappa shape index (κ1) is 10.9. The van der Waals surface area contributed by atoms with Gasteiger partial charge in [-0.2, -0.15) is 0 Å². The predicted molar refractivity (Wildman–Crippen MR) is 63.7 cm³/mol. The van der Waals surface area contributed by atoms with Gasteiger partial charge in [-0.1, -0.05) is 0 Å². The maximum Gasteiger partial charge on any atom is 0.0825 e. The Balaban J connectivity index is 2.45. The van der Waals surface area contributed by atoms with Gasteiger partial charge in [-0.05, 0) is 35.7 Å². The third-order valence-corrected chi connectivity index (χ3v) is 3.67. The van der Waals surface area contributed by atoms with Gasteiger partial charge in [0.05, 0.1) is 23.7 Å². The highest BCUT2D eigenvalue weighted by Crippen LogP contribution is 2.45. The van der Waals surface area contributed by atoms with Crippen molar-refractivity contribution in [2.75, 3.05) is 12.8 Å². The molecule has 0 amide bonds. The van der Waals surface area contributed by atoms with Crippen LogP contribution in [0.3, 0.4) is 0 Å². The largest absolute Gasteiger partial charge is 0.397 e. The molecular formula is C11H15BrN2O. The smallest absolute Gasteiger partial charge is 0.0825 e. The molecule has 1 aromatic rings. The topological polar surface area (TPSA) is 48.1 Å². The number of methoxy groups -OCH3 is 1. The van der Waals surface area contributed by atoms with Crippen molar-refractivity contribution >= 4 is 21.6 Å². The van der Waals surface area contributed by atoms with Crippen molar-refractivity contribution in [2.24, 2.45) is 0 Å². The summed E-state index contributed by atoms with van der Waals surface area (Å²) in [7, 11) is 1.69. The van der Waals surface area contributed by atoms with Crippen LogP contribution < -0.4 is 5.73 Å². The molecule has 1 heterocycles. The summed E-state index contributed by atoms with van der Waals surface area (Å²) in [4.78, 5) is 4.39. The molecule has 82 valence electrons. The second-order valence-corrected chi connectivity index (χ2v) is 4.77. The molecule has 0 aromatic carbocycles. The van der Waals surface area contributed by atoms with E-state index in [1.807, 2.05) is 6.92 Å². The first-order chi connectivity index (χ1) is 7.15. The molecule has 1 unspecified atom stereocenters. The number of anilines is 1. The monoisotopic (exact) mass is 270 g/mol. The summed E-state index contributed by atoms with van der Waals surface area (Å²) in [6.45, 7) is 1.99. The first-order valence-corrected chi connectivity index (χ1v) is 5.91. The van der Waals surface area contributed by atoms with E-state index in [4.69, 9.17) is 10.5 Å². The summed E-state index contributed by atoms with van der Waals surface area (Å²) in [5, 5.41) is 0. The van der Waals surface area contributed by atoms with Crippen LogP contribution in [0.5, 0.6) is 0 Å². The lowest BCUT2D eigenvalue weighted by molar-refractivity contribution is 0.119. The van der Waals surface area contributed by atoms with Gasteiger partial charge in [0, 0.05) is 23.1 Å². The van der Waals surface area contributed by atoms with Crippen molar-refractivity contribution in [3.8, 4) is 0 Å². The minimum atomic E-state index is -0.000116. The number of nitrogen functional groups attached to an aromatic ring is 1. The summed E-state index contributed by atoms with van der Waals surface area (Å²) >= 11 is 3.59. The highest BCUT2D eigenvalue weighted by atomic mass is 79.9. The number of halogens is 1. The van der Waals surface area contributed by atoms with Crippen molar-refractivity contribution in [1.29, 1.82) is 0 Å². The van der Waals surface area contributed by atoms with Gasteiger partial charge >= 0.3 is 0 Å². The van der Waals surface area contributed by atoms with E-state index in [0.29, 0.717) is 11.6 Å². The molecular weight excluding hydrogens is 256 g/mol. The highest BCUT2D eigenvalue weighted by Gasteiger charge is 2.29. The number of nitrogens with two attached hydrogens (primary N) is 1. The Morgan fingerprint density at radius 2 is 2.27 bits per heavy atom. The normalized spacial score (nSPS) is 17.8. The summed E-state index contributed by atoms with van der Waals surface area (Å²) < 4.78 is 6.34. The summed E-state index contributed by atoms with van der Waals surface area (Å²) in [5.41, 5.74) is 8.76. The predicted octanol–water partition coefficient (Wildman–Crippen LogP) is 3.01. The minimum Gasteiger partial charge on any atom is -0.397 e. The van der Waals surface area contributed by atoms with Crippen molar-refractivity contribution < 1.29 is 4.74 Å². The van der Waals surface area contributed by atoms with Crippen LogP contribution in [0, 0.1) is 0 Å². The van der Waals surface area contributed by atoms with E-state index in [0.717, 1.165) is 15.7 Å². The molecule has 1 atom stereocenters. The fourth-order valence-electron chi connectivity index (χ4n) is 1.70. The maximum absolute atomic E-state index is 5.91. The van der Waals surface area contributed by atoms with Crippen molar-refractivity contribution in [2.45, 2.75) is 31.8 Å². The van der Waals surface area contributed by atoms with Crippen LogP contribution >= 0.6 is 15.9 Å². The average Bonchev–Trinajstić information content (AvgIpc) is 3.01. The SMILES string of the molecule is COC(C)c1c(N)cnc(C2CC2)c1Br. The van der Waals surface area contributed by atoms with E-state index in [1.165, 1.54) is 12.8 Å². The minimum absolute atomic E-state index is 0.000116. The Morgan fingerprint density at radius 1 is 1.60 bits per heavy atom. The van der Waals surface area contributed by atoms with Gasteiger partial charge in [-0.25, -0.2) is 0 Å². The zero-order valence-corrected chi connectivity index (χ0v) is 10.5. The van der Waals surface area contributed by atoms with Crippen molar-refractivity contribution in [1.82, 2.24) is 4.98 Å². The number of hydrogen-bond acceptors (Lipinski definition) is 3. The van der Waals surface area contributed by atoms with Crippen molar-refractivity contribution in [3.63, 3.8) is 0 Å². The summed E-state index contributed by atoms with van der Waals surface area (Å²) in [6.07, 6.45) is 4.20. The van der Waals surface area contributed by atoms with Crippen LogP contribution in [-0.2, 0) is 4.74 Å². The van der Waals surface area contributed by atoms with E-state index < -0.39 is 0 Å². The number of rotatable bonds is 3. The Labute approximate surface area is 98.2 Å². The Hall–Kier alpha value is -0.610. The van der Waals surface area contributed by atoms with Crippen LogP contribution in [-0.4, -0.2) is 12.1 Å². The molecule has 2 N–H and O–H groups in total. The Morgan fingerprint density at radius 3 is 2.80 bits per heavy atom. The van der Waals surface area contributed by atoms with Crippen LogP contribution in [0.1, 0.15) is 43.0 Å². The maximum atomic E-state index is 5.91. The second-order valence-electron chi connectivity index (χ2n) is 3.98. The fourth-order valence-corrected chi connectivity index (χ4v) is 2.68. The van der Waals surface area contributed by atoms with E-state index in [9.17, 15) is 0 Å². The van der Waals surface area contributed by atoms with Gasteiger partial charge in [0.25, 0.3) is 0 Å². The standard InChI is InChI=1S/C11H15BrN2O/c1-6(15-2)9-8(13)5-14-11(10(9)12)7-3-4-7/h5-7H,3-4,13H2,1-2H3. The summed E-state index contributed by atoms with van der Waals surface area (Å²) in [5.74, 6) is 0.614. The molecule has 0 bridgehead atoms. The van der Waals surface area contributed by atoms with Gasteiger partial charge in [0.2, 0.25) is 0 Å². The molecule has 0 radical (unpaired) electrons. The molecule has 1 saturated carbocycles. The van der Waals surface area contributed by atoms with Gasteiger partial charge in [0.15, 0.2) is 0 Å². The third-order valence-electron chi connectivity index (χ3n) is 2.84. The van der Waals surface area contributed by atoms with Crippen LogP contribution in [0.2, 0.25) is 0 Å². The second kappa shape index (κ2) is 4.10. The van der Waals surface area contributed by atoms with Crippen molar-refractivity contribution in [3.05, 3.63) is 21.9 Å². The summed E-state index contributed by atoms with van der Waals surface area (Å²) in [6, 6.07) is 0. The van der Waals surface area contributed by atoms with Gasteiger partial charge in [-0.15, -0.1) is 0 Å². The lowest BCUT2D eigenvalue weighted by Gasteiger charge is -2.16. The number of ether oxygens (including phenoxy) is 1. The van der Waals surface area contributed by atoms with E-state index in [2.05, 4.69) is 20.9 Å². The molecule has 1 fully saturated rings. The van der Waals surface area contributed by atoms with E-state index in [1.54, 1.807) is 13.3 Å². The van der Waals surface area contributed by atoms with Crippen LogP contribution in [0.25, 0.3) is 0 Å². The number of hydrogen-bond donors (Lipinski definition) is 1. The van der Waals surface area contributed by atoms with Crippen LogP contribution in [0.4, 0.5) is 5.69 Å². The molecule has 1 aromatic heterocycles. The molecule has 4 heteroatoms. The fraction of sp³-hybridized carbons (Fsp3) is 0.545. The highest BCUT2D eigenvalue weighted by molar-refractivity contribution is 9.10. The van der Waals surface area contributed by atoms with E-state index >= 15 is 0 Å². The average molecular weight is 271 g/mol. The number of nitrogens with zero attached hydrogens (tertiary/aromatic N) is 1. The molecule has 1 aliphatic carbocycles. The van der Waals surface area contributed by atoms with Gasteiger partial charge in [-0.3, -0.25) is 4.98 Å². The molecule has 15 heavy (non-hydrogen) atoms. The van der Waals surface area contributed by atoms with Crippen LogP contribution in [0.15, 0.2) is 10.7 Å². The number of pyridine rings is 1. The molecule has 0 spiro atoms. The van der Waals surface area contributed by atoms with Gasteiger partial charge < -0.3 is 10.5 Å². The zero-order chi connectivity index (χ0) is 11.0. The zero-order valence-electron chi connectivity index (χ0n) is 8.96. The molecule has 0 aliphatic heterocycles. The first-order valence-electron chi connectivity index (χ1n) is 5.11. The molecule has 1 aliphatic rings. The Bertz CT molecular complexity index is 377. The Kier molecular flexibility index (Phi) is 2.98. The molecule has 0 saturated heterocycles. The van der Waals surface area contributed by atoms with E-state index in [-0.39, 0.29) is 6.10 Å². The lowest BCUT2D eigenvalue weighted by Crippen LogP contribution is -2.05. The third kappa shape index (κ3) is 2.01. The van der Waals surface area contributed by atoms with Gasteiger partial charge in [0.1, 0.15) is 0 Å². The molecule has 3 nitrogen and oxygen atoms in total. The molecule has 2 rings (SSSR count).